The fourth-order valence-electron chi connectivity index (χ4n) is 4.87. The van der Waals surface area contributed by atoms with Gasteiger partial charge in [0.1, 0.15) is 15.3 Å². The van der Waals surface area contributed by atoms with Gasteiger partial charge in [-0.3, -0.25) is 9.36 Å². The van der Waals surface area contributed by atoms with E-state index in [1.165, 1.54) is 21.5 Å². The van der Waals surface area contributed by atoms with Gasteiger partial charge in [-0.15, -0.1) is 11.3 Å². The van der Waals surface area contributed by atoms with Crippen LogP contribution >= 0.6 is 11.3 Å². The molecule has 0 bridgehead atoms. The molecule has 1 atom stereocenters. The number of ether oxygens (including phenoxy) is 1. The first-order valence-electron chi connectivity index (χ1n) is 11.5. The molecule has 0 radical (unpaired) electrons. The first-order chi connectivity index (χ1) is 16.2. The van der Waals surface area contributed by atoms with Gasteiger partial charge in [0.2, 0.25) is 0 Å². The lowest BCUT2D eigenvalue weighted by molar-refractivity contribution is 0.321. The molecule has 0 aliphatic carbocycles. The zero-order chi connectivity index (χ0) is 22.8. The Morgan fingerprint density at radius 1 is 1.12 bits per heavy atom. The molecule has 3 aromatic heterocycles. The topological polar surface area (TPSA) is 80.2 Å². The van der Waals surface area contributed by atoms with Crippen LogP contribution in [0.25, 0.3) is 20.4 Å². The Kier molecular flexibility index (Phi) is 6.28. The molecule has 0 saturated carbocycles. The highest BCUT2D eigenvalue weighted by Crippen LogP contribution is 2.33. The van der Waals surface area contributed by atoms with Crippen molar-refractivity contribution in [1.82, 2.24) is 19.4 Å². The summed E-state index contributed by atoms with van der Waals surface area (Å²) in [6.45, 7) is 3.63. The Labute approximate surface area is 195 Å². The minimum atomic E-state index is -0.338. The number of rotatable bonds is 8. The van der Waals surface area contributed by atoms with Gasteiger partial charge < -0.3 is 14.6 Å². The summed E-state index contributed by atoms with van der Waals surface area (Å²) in [6.07, 6.45) is 5.69. The summed E-state index contributed by atoms with van der Waals surface area (Å²) in [5.41, 5.74) is 1.35. The number of nitrogens with one attached hydrogen (secondary N) is 1. The van der Waals surface area contributed by atoms with E-state index in [-0.39, 0.29) is 11.2 Å². The number of hydrogen-bond donors (Lipinski definition) is 1. The Morgan fingerprint density at radius 2 is 1.97 bits per heavy atom. The van der Waals surface area contributed by atoms with Crippen LogP contribution in [0.15, 0.2) is 52.2 Å². The zero-order valence-corrected chi connectivity index (χ0v) is 19.6. The lowest BCUT2D eigenvalue weighted by Gasteiger charge is -2.17. The van der Waals surface area contributed by atoms with Crippen molar-refractivity contribution in [3.8, 4) is 5.75 Å². The summed E-state index contributed by atoms with van der Waals surface area (Å²) in [6, 6.07) is 12.0. The molecule has 7 nitrogen and oxygen atoms in total. The van der Waals surface area contributed by atoms with Crippen LogP contribution in [0.1, 0.15) is 37.2 Å². The van der Waals surface area contributed by atoms with Gasteiger partial charge in [0.25, 0.3) is 5.56 Å². The molecule has 172 valence electrons. The van der Waals surface area contributed by atoms with E-state index in [1.807, 2.05) is 24.3 Å². The molecule has 1 fully saturated rings. The van der Waals surface area contributed by atoms with Gasteiger partial charge in [-0.2, -0.15) is 0 Å². The summed E-state index contributed by atoms with van der Waals surface area (Å²) in [4.78, 5) is 36.0. The average Bonchev–Trinajstić information content (AvgIpc) is 3.46. The van der Waals surface area contributed by atoms with Gasteiger partial charge in [-0.25, -0.2) is 9.78 Å². The highest BCUT2D eigenvalue weighted by Gasteiger charge is 2.25. The summed E-state index contributed by atoms with van der Waals surface area (Å²) in [5, 5.41) is 0.830. The van der Waals surface area contributed by atoms with Crippen LogP contribution < -0.4 is 16.0 Å². The predicted molar refractivity (Wildman–Crippen MR) is 133 cm³/mol. The van der Waals surface area contributed by atoms with Crippen molar-refractivity contribution in [3.63, 3.8) is 0 Å². The first-order valence-corrected chi connectivity index (χ1v) is 12.3. The number of pyridine rings is 1. The van der Waals surface area contributed by atoms with E-state index >= 15 is 0 Å². The second kappa shape index (κ2) is 9.49. The SMILES string of the molecule is COc1ccccc1[C@H]1CCN(CCCCCn2c(=O)[nH]c3c(sc4ncccc43)c2=O)C1. The number of para-hydroxylation sites is 1. The molecule has 1 aromatic carbocycles. The number of thiophene rings is 1. The normalized spacial score (nSPS) is 16.7. The van der Waals surface area contributed by atoms with Crippen molar-refractivity contribution in [1.29, 1.82) is 0 Å². The third kappa shape index (κ3) is 4.32. The van der Waals surface area contributed by atoms with Gasteiger partial charge >= 0.3 is 5.69 Å². The fraction of sp³-hybridized carbons (Fsp3) is 0.400. The molecule has 33 heavy (non-hydrogen) atoms. The van der Waals surface area contributed by atoms with E-state index < -0.39 is 0 Å². The van der Waals surface area contributed by atoms with Gasteiger partial charge in [-0.05, 0) is 56.1 Å². The first kappa shape index (κ1) is 21.9. The third-order valence-electron chi connectivity index (χ3n) is 6.59. The Morgan fingerprint density at radius 3 is 2.85 bits per heavy atom. The number of H-pyrrole nitrogens is 1. The molecule has 4 heterocycles. The van der Waals surface area contributed by atoms with Crippen molar-refractivity contribution >= 4 is 31.8 Å². The molecule has 5 rings (SSSR count). The number of methoxy groups -OCH3 is 1. The van der Waals surface area contributed by atoms with E-state index in [9.17, 15) is 9.59 Å². The van der Waals surface area contributed by atoms with E-state index in [0.29, 0.717) is 22.7 Å². The third-order valence-corrected chi connectivity index (χ3v) is 7.69. The molecule has 0 spiro atoms. The van der Waals surface area contributed by atoms with Crippen molar-refractivity contribution in [2.45, 2.75) is 38.1 Å². The fourth-order valence-corrected chi connectivity index (χ4v) is 5.92. The van der Waals surface area contributed by atoms with Crippen LogP contribution in [0.3, 0.4) is 0 Å². The maximum atomic E-state index is 12.9. The summed E-state index contributed by atoms with van der Waals surface area (Å²) in [5.74, 6) is 1.49. The standard InChI is InChI=1S/C25H28N4O3S/c1-32-20-10-4-3-8-18(20)17-11-15-28(16-17)13-5-2-6-14-29-24(30)22-21(27-25(29)31)19-9-7-12-26-23(19)33-22/h3-4,7-10,12,17H,2,5-6,11,13-16H2,1H3,(H,27,31)/t17-/m0/s1. The van der Waals surface area contributed by atoms with Crippen LogP contribution in [0.4, 0.5) is 0 Å². The molecule has 1 aliphatic heterocycles. The summed E-state index contributed by atoms with van der Waals surface area (Å²) < 4.78 is 7.44. The minimum absolute atomic E-state index is 0.212. The number of nitrogens with zero attached hydrogens (tertiary/aromatic N) is 3. The Hall–Kier alpha value is -2.97. The van der Waals surface area contributed by atoms with Crippen LogP contribution in [-0.4, -0.2) is 46.2 Å². The maximum Gasteiger partial charge on any atom is 0.328 e. The van der Waals surface area contributed by atoms with E-state index in [4.69, 9.17) is 4.74 Å². The Balaban J connectivity index is 1.16. The average molecular weight is 465 g/mol. The number of benzene rings is 1. The Bertz CT molecular complexity index is 1390. The molecule has 8 heteroatoms. The zero-order valence-electron chi connectivity index (χ0n) is 18.8. The molecule has 0 amide bonds. The number of unbranched alkanes of at least 4 members (excludes halogenated alkanes) is 2. The van der Waals surface area contributed by atoms with E-state index in [1.54, 1.807) is 13.3 Å². The molecule has 4 aromatic rings. The second-order valence-corrected chi connectivity index (χ2v) is 9.64. The summed E-state index contributed by atoms with van der Waals surface area (Å²) >= 11 is 1.34. The number of aromatic amines is 1. The number of hydrogen-bond acceptors (Lipinski definition) is 6. The quantitative estimate of drug-likeness (QED) is 0.399. The van der Waals surface area contributed by atoms with Crippen molar-refractivity contribution in [2.24, 2.45) is 0 Å². The number of aromatic nitrogens is 3. The number of fused-ring (bicyclic) bond motifs is 3. The highest BCUT2D eigenvalue weighted by molar-refractivity contribution is 7.25. The van der Waals surface area contributed by atoms with Crippen LogP contribution in [0, 0.1) is 0 Å². The molecular weight excluding hydrogens is 436 g/mol. The smallest absolute Gasteiger partial charge is 0.328 e. The largest absolute Gasteiger partial charge is 0.496 e. The lowest BCUT2D eigenvalue weighted by atomic mass is 9.97. The van der Waals surface area contributed by atoms with Gasteiger partial charge in [0.05, 0.1) is 12.6 Å². The summed E-state index contributed by atoms with van der Waals surface area (Å²) in [7, 11) is 1.73. The lowest BCUT2D eigenvalue weighted by Crippen LogP contribution is -2.34. The van der Waals surface area contributed by atoms with Crippen LogP contribution in [-0.2, 0) is 6.54 Å². The molecule has 1 aliphatic rings. The number of likely N-dealkylation sites (tertiary alicyclic amines) is 1. The minimum Gasteiger partial charge on any atom is -0.496 e. The molecule has 1 saturated heterocycles. The van der Waals surface area contributed by atoms with Crippen molar-refractivity contribution in [2.75, 3.05) is 26.7 Å². The molecule has 0 unspecified atom stereocenters. The van der Waals surface area contributed by atoms with Crippen LogP contribution in [0.2, 0.25) is 0 Å². The molecule has 1 N–H and O–H groups in total. The predicted octanol–water partition coefficient (Wildman–Crippen LogP) is 3.97. The van der Waals surface area contributed by atoms with E-state index in [2.05, 4.69) is 27.0 Å². The van der Waals surface area contributed by atoms with Crippen molar-refractivity contribution < 1.29 is 4.74 Å². The molecular formula is C25H28N4O3S. The van der Waals surface area contributed by atoms with Gasteiger partial charge in [0.15, 0.2) is 0 Å². The highest BCUT2D eigenvalue weighted by atomic mass is 32.1. The van der Waals surface area contributed by atoms with Crippen molar-refractivity contribution in [3.05, 3.63) is 69.0 Å². The van der Waals surface area contributed by atoms with E-state index in [0.717, 1.165) is 61.3 Å². The van der Waals surface area contributed by atoms with Gasteiger partial charge in [0, 0.05) is 30.6 Å². The van der Waals surface area contributed by atoms with Gasteiger partial charge in [-0.1, -0.05) is 24.6 Å². The monoisotopic (exact) mass is 464 g/mol. The van der Waals surface area contributed by atoms with Crippen LogP contribution in [0.5, 0.6) is 5.75 Å². The second-order valence-electron chi connectivity index (χ2n) is 8.64. The maximum absolute atomic E-state index is 12.9.